The first kappa shape index (κ1) is 16.4. The van der Waals surface area contributed by atoms with Gasteiger partial charge in [-0.25, -0.2) is 13.6 Å². The van der Waals surface area contributed by atoms with Gasteiger partial charge in [0.2, 0.25) is 10.0 Å². The quantitative estimate of drug-likeness (QED) is 0.795. The second kappa shape index (κ2) is 6.83. The largest absolute Gasteiger partial charge is 0.309 e. The predicted molar refractivity (Wildman–Crippen MR) is 84.8 cm³/mol. The molecule has 0 heterocycles. The van der Waals surface area contributed by atoms with Crippen LogP contribution in [0.1, 0.15) is 28.4 Å². The summed E-state index contributed by atoms with van der Waals surface area (Å²) in [7, 11) is -3.65. The summed E-state index contributed by atoms with van der Waals surface area (Å²) in [6.45, 7) is 2.76. The van der Waals surface area contributed by atoms with Gasteiger partial charge < -0.3 is 5.32 Å². The highest BCUT2D eigenvalue weighted by molar-refractivity contribution is 7.89. The van der Waals surface area contributed by atoms with Crippen molar-refractivity contribution in [1.29, 1.82) is 0 Å². The molecule has 6 heteroatoms. The maximum atomic E-state index is 11.3. The molecule has 0 fully saturated rings. The van der Waals surface area contributed by atoms with Gasteiger partial charge in [0.25, 0.3) is 0 Å². The molecule has 0 unspecified atom stereocenters. The lowest BCUT2D eigenvalue weighted by Crippen LogP contribution is -2.14. The Bertz CT molecular complexity index is 768. The summed E-state index contributed by atoms with van der Waals surface area (Å²) < 4.78 is 22.3. The molecule has 2 rings (SSSR count). The maximum Gasteiger partial charge on any atom is 0.238 e. The fourth-order valence-electron chi connectivity index (χ4n) is 2.05. The molecule has 0 aliphatic carbocycles. The van der Waals surface area contributed by atoms with Crippen molar-refractivity contribution >= 4 is 15.8 Å². The predicted octanol–water partition coefficient (Wildman–Crippen LogP) is 1.83. The summed E-state index contributed by atoms with van der Waals surface area (Å²) >= 11 is 0. The lowest BCUT2D eigenvalue weighted by Gasteiger charge is -2.07. The average Bonchev–Trinajstić information content (AvgIpc) is 2.47. The number of sulfonamides is 1. The van der Waals surface area contributed by atoms with E-state index in [1.165, 1.54) is 12.1 Å². The maximum absolute atomic E-state index is 11.3. The van der Waals surface area contributed by atoms with Crippen LogP contribution < -0.4 is 10.5 Å². The van der Waals surface area contributed by atoms with Crippen LogP contribution in [0, 0.1) is 0 Å². The Morgan fingerprint density at radius 2 is 1.68 bits per heavy atom. The molecular weight excluding hydrogens is 300 g/mol. The molecular formula is C16H18N2O3S. The molecule has 0 amide bonds. The average molecular weight is 318 g/mol. The topological polar surface area (TPSA) is 89.3 Å². The first-order chi connectivity index (χ1) is 10.4. The minimum atomic E-state index is -3.65. The molecule has 0 bridgehead atoms. The van der Waals surface area contributed by atoms with E-state index >= 15 is 0 Å². The van der Waals surface area contributed by atoms with E-state index in [9.17, 15) is 13.2 Å². The Kier molecular flexibility index (Phi) is 5.07. The molecule has 0 aromatic heterocycles. The molecule has 5 nitrogen and oxygen atoms in total. The van der Waals surface area contributed by atoms with Crippen LogP contribution in [0.25, 0.3) is 0 Å². The lowest BCUT2D eigenvalue weighted by atomic mass is 10.1. The van der Waals surface area contributed by atoms with Crippen LogP contribution in [-0.2, 0) is 23.1 Å². The summed E-state index contributed by atoms with van der Waals surface area (Å²) in [4.78, 5) is 11.4. The number of benzene rings is 2. The number of hydrogen-bond donors (Lipinski definition) is 2. The fraction of sp³-hybridized carbons (Fsp3) is 0.188. The highest BCUT2D eigenvalue weighted by Crippen LogP contribution is 2.09. The van der Waals surface area contributed by atoms with Gasteiger partial charge in [0.1, 0.15) is 0 Å². The Hall–Kier alpha value is -2.02. The van der Waals surface area contributed by atoms with E-state index < -0.39 is 10.0 Å². The second-order valence-electron chi connectivity index (χ2n) is 5.05. The van der Waals surface area contributed by atoms with Gasteiger partial charge in [0.15, 0.2) is 5.78 Å². The standard InChI is InChI=1S/C16H18N2O3S/c1-12(19)15-4-2-3-14(9-15)11-18-10-13-5-7-16(8-6-13)22(17,20)21/h2-9,18H,10-11H2,1H3,(H2,17,20,21). The zero-order chi connectivity index (χ0) is 16.2. The van der Waals surface area contributed by atoms with Gasteiger partial charge in [-0.3, -0.25) is 4.79 Å². The second-order valence-corrected chi connectivity index (χ2v) is 6.61. The van der Waals surface area contributed by atoms with E-state index in [1.807, 2.05) is 18.2 Å². The Morgan fingerprint density at radius 3 is 2.27 bits per heavy atom. The third-order valence-electron chi connectivity index (χ3n) is 3.24. The number of nitrogens with one attached hydrogen (secondary N) is 1. The van der Waals surface area contributed by atoms with Crippen molar-refractivity contribution in [3.63, 3.8) is 0 Å². The zero-order valence-electron chi connectivity index (χ0n) is 12.2. The Morgan fingerprint density at radius 1 is 1.05 bits per heavy atom. The van der Waals surface area contributed by atoms with Gasteiger partial charge in [-0.2, -0.15) is 0 Å². The number of rotatable bonds is 6. The first-order valence-corrected chi connectivity index (χ1v) is 8.33. The molecule has 0 atom stereocenters. The molecule has 0 spiro atoms. The third kappa shape index (κ3) is 4.49. The number of carbonyl (C=O) groups excluding carboxylic acids is 1. The number of hydrogen-bond acceptors (Lipinski definition) is 4. The van der Waals surface area contributed by atoms with E-state index in [4.69, 9.17) is 5.14 Å². The first-order valence-electron chi connectivity index (χ1n) is 6.78. The summed E-state index contributed by atoms with van der Waals surface area (Å²) in [5, 5.41) is 8.30. The SMILES string of the molecule is CC(=O)c1cccc(CNCc2ccc(S(N)(=O)=O)cc2)c1. The van der Waals surface area contributed by atoms with Crippen molar-refractivity contribution in [2.45, 2.75) is 24.9 Å². The van der Waals surface area contributed by atoms with Gasteiger partial charge in [0, 0.05) is 18.7 Å². The van der Waals surface area contributed by atoms with Crippen LogP contribution in [0.2, 0.25) is 0 Å². The lowest BCUT2D eigenvalue weighted by molar-refractivity contribution is 0.101. The summed E-state index contributed by atoms with van der Waals surface area (Å²) in [6, 6.07) is 13.9. The van der Waals surface area contributed by atoms with Crippen LogP contribution in [0.15, 0.2) is 53.4 Å². The zero-order valence-corrected chi connectivity index (χ0v) is 13.1. The molecule has 3 N–H and O–H groups in total. The molecule has 0 saturated carbocycles. The van der Waals surface area contributed by atoms with Crippen molar-refractivity contribution in [3.8, 4) is 0 Å². The number of ketones is 1. The van der Waals surface area contributed by atoms with Crippen LogP contribution in [-0.4, -0.2) is 14.2 Å². The normalized spacial score (nSPS) is 11.4. The molecule has 0 aliphatic heterocycles. The van der Waals surface area contributed by atoms with Gasteiger partial charge in [-0.15, -0.1) is 0 Å². The minimum Gasteiger partial charge on any atom is -0.309 e. The van der Waals surface area contributed by atoms with Gasteiger partial charge in [-0.1, -0.05) is 30.3 Å². The Labute approximate surface area is 130 Å². The van der Waals surface area contributed by atoms with Gasteiger partial charge >= 0.3 is 0 Å². The van der Waals surface area contributed by atoms with Crippen LogP contribution in [0.4, 0.5) is 0 Å². The number of nitrogens with two attached hydrogens (primary N) is 1. The molecule has 2 aromatic carbocycles. The number of carbonyl (C=O) groups is 1. The minimum absolute atomic E-state index is 0.0421. The monoisotopic (exact) mass is 318 g/mol. The van der Waals surface area contributed by atoms with Crippen molar-refractivity contribution in [2.75, 3.05) is 0 Å². The van der Waals surface area contributed by atoms with Gasteiger partial charge in [-0.05, 0) is 36.2 Å². The van der Waals surface area contributed by atoms with E-state index in [-0.39, 0.29) is 10.7 Å². The van der Waals surface area contributed by atoms with E-state index in [0.717, 1.165) is 11.1 Å². The summed E-state index contributed by atoms with van der Waals surface area (Å²) in [5.74, 6) is 0.0421. The summed E-state index contributed by atoms with van der Waals surface area (Å²) in [5.41, 5.74) is 2.67. The number of Topliss-reactive ketones (excluding diaryl/α,β-unsaturated/α-hetero) is 1. The summed E-state index contributed by atoms with van der Waals surface area (Å²) in [6.07, 6.45) is 0. The van der Waals surface area contributed by atoms with E-state index in [2.05, 4.69) is 5.32 Å². The molecule has 0 radical (unpaired) electrons. The van der Waals surface area contributed by atoms with Crippen LogP contribution in [0.3, 0.4) is 0 Å². The van der Waals surface area contributed by atoms with Gasteiger partial charge in [0.05, 0.1) is 4.90 Å². The van der Waals surface area contributed by atoms with Crippen molar-refractivity contribution in [1.82, 2.24) is 5.32 Å². The third-order valence-corrected chi connectivity index (χ3v) is 4.17. The number of primary sulfonamides is 1. The van der Waals surface area contributed by atoms with Crippen molar-refractivity contribution in [3.05, 3.63) is 65.2 Å². The molecule has 2 aromatic rings. The van der Waals surface area contributed by atoms with Crippen molar-refractivity contribution in [2.24, 2.45) is 5.14 Å². The van der Waals surface area contributed by atoms with E-state index in [0.29, 0.717) is 18.7 Å². The van der Waals surface area contributed by atoms with E-state index in [1.54, 1.807) is 25.1 Å². The molecule has 0 aliphatic rings. The molecule has 116 valence electrons. The Balaban J connectivity index is 1.94. The fourth-order valence-corrected chi connectivity index (χ4v) is 2.56. The van der Waals surface area contributed by atoms with Crippen LogP contribution >= 0.6 is 0 Å². The smallest absolute Gasteiger partial charge is 0.238 e. The van der Waals surface area contributed by atoms with Crippen molar-refractivity contribution < 1.29 is 13.2 Å². The highest BCUT2D eigenvalue weighted by atomic mass is 32.2. The molecule has 22 heavy (non-hydrogen) atoms. The highest BCUT2D eigenvalue weighted by Gasteiger charge is 2.06. The molecule has 0 saturated heterocycles. The van der Waals surface area contributed by atoms with Crippen LogP contribution in [0.5, 0.6) is 0 Å².